The summed E-state index contributed by atoms with van der Waals surface area (Å²) in [7, 11) is 0. The van der Waals surface area contributed by atoms with Crippen LogP contribution in [0, 0.1) is 0 Å². The number of nitrogens with two attached hydrogens (primary N) is 1. The molecule has 0 saturated heterocycles. The maximum Gasteiger partial charge on any atom is 0.135 e. The number of anilines is 4. The number of nitrogens with one attached hydrogen (secondary N) is 1. The van der Waals surface area contributed by atoms with E-state index in [1.54, 1.807) is 0 Å². The van der Waals surface area contributed by atoms with E-state index in [0.717, 1.165) is 50.4 Å². The predicted octanol–water partition coefficient (Wildman–Crippen LogP) is 14.5. The van der Waals surface area contributed by atoms with Gasteiger partial charge in [-0.25, -0.2) is 4.98 Å². The van der Waals surface area contributed by atoms with Gasteiger partial charge in [0.15, 0.2) is 0 Å². The van der Waals surface area contributed by atoms with Crippen LogP contribution in [-0.2, 0) is 5.41 Å². The summed E-state index contributed by atoms with van der Waals surface area (Å²) < 4.78 is 0. The highest BCUT2D eigenvalue weighted by Gasteiger charge is 2.52. The molecule has 3 N–H and O–H groups in total. The van der Waals surface area contributed by atoms with Gasteiger partial charge in [-0.1, -0.05) is 170 Å². The third-order valence-corrected chi connectivity index (χ3v) is 13.1. The van der Waals surface area contributed by atoms with Gasteiger partial charge in [0.1, 0.15) is 12.0 Å². The molecular weight excluding hydrogens is 765 g/mol. The molecule has 1 aliphatic heterocycles. The third-order valence-electron chi connectivity index (χ3n) is 13.1. The maximum absolute atomic E-state index is 7.09. The lowest BCUT2D eigenvalue weighted by Gasteiger charge is -2.45. The highest BCUT2D eigenvalue weighted by atomic mass is 15.2. The molecule has 0 amide bonds. The summed E-state index contributed by atoms with van der Waals surface area (Å²) in [5.74, 6) is 0.739. The monoisotopic (exact) mass is 806 g/mol. The van der Waals surface area contributed by atoms with Crippen LogP contribution in [0.15, 0.2) is 231 Å². The summed E-state index contributed by atoms with van der Waals surface area (Å²) >= 11 is 0. The Morgan fingerprint density at radius 1 is 0.413 bits per heavy atom. The number of para-hydroxylation sites is 3. The molecule has 298 valence electrons. The average molecular weight is 807 g/mol. The van der Waals surface area contributed by atoms with E-state index in [1.807, 2.05) is 18.3 Å². The van der Waals surface area contributed by atoms with E-state index in [2.05, 4.69) is 223 Å². The molecular formula is C59H42N4. The van der Waals surface area contributed by atoms with E-state index in [4.69, 9.17) is 10.7 Å². The van der Waals surface area contributed by atoms with Gasteiger partial charge in [-0.15, -0.1) is 0 Å². The van der Waals surface area contributed by atoms with Gasteiger partial charge in [-0.05, 0) is 127 Å². The van der Waals surface area contributed by atoms with Crippen molar-refractivity contribution in [1.82, 2.24) is 4.98 Å². The van der Waals surface area contributed by atoms with Crippen molar-refractivity contribution in [3.8, 4) is 44.5 Å². The summed E-state index contributed by atoms with van der Waals surface area (Å²) in [5, 5.41) is 6.07. The first-order valence-corrected chi connectivity index (χ1v) is 21.6. The van der Waals surface area contributed by atoms with Crippen LogP contribution in [0.2, 0.25) is 0 Å². The molecule has 4 heteroatoms. The van der Waals surface area contributed by atoms with Gasteiger partial charge in [-0.3, -0.25) is 0 Å². The van der Waals surface area contributed by atoms with Crippen LogP contribution in [0.5, 0.6) is 0 Å². The minimum atomic E-state index is -0.579. The van der Waals surface area contributed by atoms with Crippen molar-refractivity contribution in [3.05, 3.63) is 258 Å². The first-order valence-electron chi connectivity index (χ1n) is 21.6. The molecule has 1 spiro atoms. The molecule has 0 radical (unpaired) electrons. The number of nitrogens with zero attached hydrogens (tertiary/aromatic N) is 2. The van der Waals surface area contributed by atoms with Crippen LogP contribution < -0.4 is 16.0 Å². The first kappa shape index (κ1) is 36.8. The second-order valence-corrected chi connectivity index (χ2v) is 16.6. The van der Waals surface area contributed by atoms with E-state index >= 15 is 0 Å². The van der Waals surface area contributed by atoms with Gasteiger partial charge in [0.2, 0.25) is 0 Å². The molecule has 63 heavy (non-hydrogen) atoms. The van der Waals surface area contributed by atoms with Crippen LogP contribution in [0.3, 0.4) is 0 Å². The van der Waals surface area contributed by atoms with Crippen LogP contribution >= 0.6 is 0 Å². The van der Waals surface area contributed by atoms with Gasteiger partial charge in [0, 0.05) is 23.0 Å². The molecule has 1 unspecified atom stereocenters. The summed E-state index contributed by atoms with van der Waals surface area (Å²) in [6.07, 6.45) is 1.41. The topological polar surface area (TPSA) is 54.2 Å². The molecule has 10 aromatic rings. The molecule has 2 heterocycles. The van der Waals surface area contributed by atoms with Crippen LogP contribution in [0.25, 0.3) is 55.3 Å². The van der Waals surface area contributed by atoms with E-state index in [0.29, 0.717) is 0 Å². The normalized spacial score (nSPS) is 13.5. The lowest BCUT2D eigenvalue weighted by molar-refractivity contribution is 0.754. The van der Waals surface area contributed by atoms with Gasteiger partial charge < -0.3 is 16.0 Å². The largest absolute Gasteiger partial charge is 0.350 e. The van der Waals surface area contributed by atoms with Gasteiger partial charge >= 0.3 is 0 Å². The second-order valence-electron chi connectivity index (χ2n) is 16.6. The fourth-order valence-electron chi connectivity index (χ4n) is 10.2. The Bertz CT molecular complexity index is 3300. The highest BCUT2D eigenvalue weighted by Crippen LogP contribution is 2.64. The summed E-state index contributed by atoms with van der Waals surface area (Å²) in [6.45, 7) is 0. The molecule has 0 bridgehead atoms. The molecule has 0 fully saturated rings. The molecule has 1 aliphatic carbocycles. The number of benzene rings is 9. The zero-order valence-electron chi connectivity index (χ0n) is 34.5. The zero-order chi connectivity index (χ0) is 41.9. The van der Waals surface area contributed by atoms with E-state index in [-0.39, 0.29) is 0 Å². The molecule has 12 rings (SSSR count). The molecule has 9 aromatic carbocycles. The van der Waals surface area contributed by atoms with Crippen molar-refractivity contribution in [2.75, 3.05) is 10.2 Å². The number of aromatic nitrogens is 1. The molecule has 1 aromatic heterocycles. The van der Waals surface area contributed by atoms with Crippen molar-refractivity contribution in [1.29, 1.82) is 0 Å². The Labute approximate surface area is 367 Å². The molecule has 1 atom stereocenters. The van der Waals surface area contributed by atoms with Crippen molar-refractivity contribution in [3.63, 3.8) is 0 Å². The fraction of sp³-hybridized carbons (Fsp3) is 0.0339. The summed E-state index contributed by atoms with van der Waals surface area (Å²) in [4.78, 5) is 7.41. The number of fused-ring (bicyclic) bond motifs is 10. The Morgan fingerprint density at radius 3 is 1.70 bits per heavy atom. The molecule has 2 aliphatic rings. The quantitative estimate of drug-likeness (QED) is 0.158. The van der Waals surface area contributed by atoms with Crippen molar-refractivity contribution < 1.29 is 0 Å². The van der Waals surface area contributed by atoms with E-state index in [1.165, 1.54) is 55.5 Å². The summed E-state index contributed by atoms with van der Waals surface area (Å²) in [5.41, 5.74) is 25.1. The minimum absolute atomic E-state index is 0.513. The van der Waals surface area contributed by atoms with Crippen molar-refractivity contribution >= 4 is 33.7 Å². The Balaban J connectivity index is 0.997. The average Bonchev–Trinajstić information content (AvgIpc) is 3.63. The van der Waals surface area contributed by atoms with Crippen LogP contribution in [-0.4, -0.2) is 4.98 Å². The first-order chi connectivity index (χ1) is 31.1. The Morgan fingerprint density at radius 2 is 0.984 bits per heavy atom. The lowest BCUT2D eigenvalue weighted by Crippen LogP contribution is -2.36. The molecule has 4 nitrogen and oxygen atoms in total. The summed E-state index contributed by atoms with van der Waals surface area (Å²) in [6, 6.07) is 81.0. The smallest absolute Gasteiger partial charge is 0.135 e. The third kappa shape index (κ3) is 5.91. The fourth-order valence-corrected chi connectivity index (χ4v) is 10.2. The number of pyridine rings is 1. The van der Waals surface area contributed by atoms with Crippen molar-refractivity contribution in [2.24, 2.45) is 5.73 Å². The minimum Gasteiger partial charge on any atom is -0.350 e. The van der Waals surface area contributed by atoms with Gasteiger partial charge in [-0.2, -0.15) is 0 Å². The SMILES string of the molecule is NC(Nc1ncc(-c2ccccc2)cc1-c1ccccc1)c1cccc(-c2ccc3c(c2)C2(c4cc5ccccc5cc4-3)c3ccccc3N(c3ccccc3)c3ccccc32)c1. The van der Waals surface area contributed by atoms with Gasteiger partial charge in [0.05, 0.1) is 16.8 Å². The molecule has 0 saturated carbocycles. The number of hydrogen-bond donors (Lipinski definition) is 2. The van der Waals surface area contributed by atoms with Crippen LogP contribution in [0.1, 0.15) is 34.0 Å². The zero-order valence-corrected chi connectivity index (χ0v) is 34.5. The van der Waals surface area contributed by atoms with Crippen LogP contribution in [0.4, 0.5) is 22.9 Å². The maximum atomic E-state index is 7.09. The second kappa shape index (κ2) is 14.8. The van der Waals surface area contributed by atoms with Crippen molar-refractivity contribution in [2.45, 2.75) is 11.6 Å². The van der Waals surface area contributed by atoms with E-state index in [9.17, 15) is 0 Å². The number of hydrogen-bond acceptors (Lipinski definition) is 4. The number of rotatable bonds is 7. The standard InChI is InChI=1S/C59H42N4/c60-57(62-58-49(40-19-6-2-7-20-40)35-46(38-61-58)39-17-4-1-5-18-39)45-24-16-23-41(33-45)44-31-32-48-50-34-42-21-10-11-22-43(42)36-54(50)59(53(48)37-44)51-27-12-14-29-55(51)63(47-25-8-3-9-26-47)56-30-15-13-28-52(56)59/h1-38,57H,60H2,(H,61,62). The lowest BCUT2D eigenvalue weighted by atomic mass is 9.64. The Kier molecular flexibility index (Phi) is 8.66. The Hall–Kier alpha value is -8.05. The van der Waals surface area contributed by atoms with E-state index < -0.39 is 11.6 Å². The predicted molar refractivity (Wildman–Crippen MR) is 261 cm³/mol. The highest BCUT2D eigenvalue weighted by molar-refractivity contribution is 6.00. The van der Waals surface area contributed by atoms with Gasteiger partial charge in [0.25, 0.3) is 0 Å².